The van der Waals surface area contributed by atoms with Gasteiger partial charge in [-0.05, 0) is 40.2 Å². The van der Waals surface area contributed by atoms with Crippen molar-refractivity contribution in [3.05, 3.63) is 74.9 Å². The molecule has 1 amide bonds. The van der Waals surface area contributed by atoms with Crippen LogP contribution in [0.25, 0.3) is 10.9 Å². The topological polar surface area (TPSA) is 79.6 Å². The lowest BCUT2D eigenvalue weighted by Gasteiger charge is -2.36. The Hall–Kier alpha value is -3.00. The third-order valence-electron chi connectivity index (χ3n) is 4.93. The van der Waals surface area contributed by atoms with Crippen LogP contribution in [-0.2, 0) is 0 Å². The van der Waals surface area contributed by atoms with Crippen LogP contribution in [0.3, 0.4) is 0 Å². The summed E-state index contributed by atoms with van der Waals surface area (Å²) in [4.78, 5) is 31.5. The highest BCUT2D eigenvalue weighted by Crippen LogP contribution is 2.30. The summed E-state index contributed by atoms with van der Waals surface area (Å²) in [6.07, 6.45) is 1.80. The molecule has 2 aromatic carbocycles. The lowest BCUT2D eigenvalue weighted by Crippen LogP contribution is -2.48. The van der Waals surface area contributed by atoms with Crippen LogP contribution >= 0.6 is 15.9 Å². The van der Waals surface area contributed by atoms with Crippen LogP contribution in [0.15, 0.2) is 59.2 Å². The van der Waals surface area contributed by atoms with Crippen molar-refractivity contribution in [1.29, 1.82) is 0 Å². The van der Waals surface area contributed by atoms with Crippen LogP contribution in [0.5, 0.6) is 0 Å². The zero-order valence-corrected chi connectivity index (χ0v) is 16.5. The Labute approximate surface area is 169 Å². The molecule has 142 valence electrons. The standard InChI is InChI=1S/C20H17BrN4O3/c21-17-3-1-2-16-18(8-9-22-19(16)17)23-10-12-24(13-11-23)20(26)14-4-6-15(7-5-14)25(27)28/h1-9H,10-13H2. The van der Waals surface area contributed by atoms with Crippen LogP contribution in [0.1, 0.15) is 10.4 Å². The van der Waals surface area contributed by atoms with Gasteiger partial charge in [-0.1, -0.05) is 12.1 Å². The van der Waals surface area contributed by atoms with E-state index in [2.05, 4.69) is 31.9 Å². The molecule has 0 saturated carbocycles. The number of non-ortho nitro benzene ring substituents is 1. The minimum Gasteiger partial charge on any atom is -0.367 e. The highest BCUT2D eigenvalue weighted by atomic mass is 79.9. The molecule has 0 radical (unpaired) electrons. The smallest absolute Gasteiger partial charge is 0.269 e. The molecule has 0 unspecified atom stereocenters. The summed E-state index contributed by atoms with van der Waals surface area (Å²) in [5.74, 6) is -0.100. The highest BCUT2D eigenvalue weighted by Gasteiger charge is 2.23. The van der Waals surface area contributed by atoms with Crippen LogP contribution in [0.2, 0.25) is 0 Å². The number of hydrogen-bond acceptors (Lipinski definition) is 5. The van der Waals surface area contributed by atoms with E-state index in [0.29, 0.717) is 31.7 Å². The number of para-hydroxylation sites is 1. The average Bonchev–Trinajstić information content (AvgIpc) is 2.73. The molecular weight excluding hydrogens is 424 g/mol. The number of carbonyl (C=O) groups is 1. The molecule has 0 aliphatic carbocycles. The summed E-state index contributed by atoms with van der Waals surface area (Å²) in [7, 11) is 0. The number of amides is 1. The minimum absolute atomic E-state index is 0.0166. The third-order valence-corrected chi connectivity index (χ3v) is 5.57. The first-order chi connectivity index (χ1) is 13.5. The van der Waals surface area contributed by atoms with Crippen molar-refractivity contribution < 1.29 is 9.72 Å². The predicted molar refractivity (Wildman–Crippen MR) is 111 cm³/mol. The number of benzene rings is 2. The van der Waals surface area contributed by atoms with Gasteiger partial charge in [0.1, 0.15) is 0 Å². The number of pyridine rings is 1. The lowest BCUT2D eigenvalue weighted by atomic mass is 10.1. The molecule has 0 atom stereocenters. The first kappa shape index (κ1) is 18.4. The van der Waals surface area contributed by atoms with E-state index in [1.165, 1.54) is 24.3 Å². The number of nitro benzene ring substituents is 1. The van der Waals surface area contributed by atoms with Gasteiger partial charge in [-0.25, -0.2) is 0 Å². The van der Waals surface area contributed by atoms with Crippen LogP contribution < -0.4 is 4.90 Å². The molecule has 1 aromatic heterocycles. The van der Waals surface area contributed by atoms with E-state index in [1.54, 1.807) is 11.1 Å². The number of carbonyl (C=O) groups excluding carboxylic acids is 1. The number of halogens is 1. The molecule has 4 rings (SSSR count). The Morgan fingerprint density at radius 1 is 1.04 bits per heavy atom. The normalized spacial score (nSPS) is 14.3. The molecule has 0 spiro atoms. The van der Waals surface area contributed by atoms with Crippen molar-refractivity contribution in [3.8, 4) is 0 Å². The van der Waals surface area contributed by atoms with E-state index in [1.807, 2.05) is 18.2 Å². The van der Waals surface area contributed by atoms with Crippen LogP contribution in [0.4, 0.5) is 11.4 Å². The lowest BCUT2D eigenvalue weighted by molar-refractivity contribution is -0.384. The Balaban J connectivity index is 1.48. The first-order valence-electron chi connectivity index (χ1n) is 8.86. The summed E-state index contributed by atoms with van der Waals surface area (Å²) < 4.78 is 0.957. The van der Waals surface area contributed by atoms with Gasteiger partial charge in [-0.2, -0.15) is 0 Å². The zero-order valence-electron chi connectivity index (χ0n) is 14.9. The number of rotatable bonds is 3. The molecule has 1 saturated heterocycles. The highest BCUT2D eigenvalue weighted by molar-refractivity contribution is 9.10. The number of anilines is 1. The van der Waals surface area contributed by atoms with Crippen molar-refractivity contribution in [1.82, 2.24) is 9.88 Å². The van der Waals surface area contributed by atoms with Gasteiger partial charge in [0.25, 0.3) is 11.6 Å². The maximum Gasteiger partial charge on any atom is 0.269 e. The molecule has 28 heavy (non-hydrogen) atoms. The first-order valence-corrected chi connectivity index (χ1v) is 9.66. The van der Waals surface area contributed by atoms with Crippen molar-refractivity contribution in [3.63, 3.8) is 0 Å². The average molecular weight is 441 g/mol. The Bertz CT molecular complexity index is 1050. The zero-order chi connectivity index (χ0) is 19.7. The second-order valence-electron chi connectivity index (χ2n) is 6.55. The molecule has 0 N–H and O–H groups in total. The van der Waals surface area contributed by atoms with Gasteiger partial charge in [0.05, 0.1) is 10.4 Å². The molecule has 1 aliphatic heterocycles. The third kappa shape index (κ3) is 3.43. The number of nitrogens with zero attached hydrogens (tertiary/aromatic N) is 4. The van der Waals surface area contributed by atoms with E-state index in [-0.39, 0.29) is 11.6 Å². The Morgan fingerprint density at radius 3 is 2.43 bits per heavy atom. The molecule has 1 fully saturated rings. The van der Waals surface area contributed by atoms with E-state index in [4.69, 9.17) is 0 Å². The Morgan fingerprint density at radius 2 is 1.75 bits per heavy atom. The van der Waals surface area contributed by atoms with E-state index < -0.39 is 4.92 Å². The fraction of sp³-hybridized carbons (Fsp3) is 0.200. The van der Waals surface area contributed by atoms with Gasteiger partial charge in [0, 0.05) is 65.6 Å². The van der Waals surface area contributed by atoms with Gasteiger partial charge in [0.15, 0.2) is 0 Å². The van der Waals surface area contributed by atoms with E-state index in [0.717, 1.165) is 21.1 Å². The van der Waals surface area contributed by atoms with Gasteiger partial charge in [0.2, 0.25) is 0 Å². The fourth-order valence-corrected chi connectivity index (χ4v) is 3.93. The van der Waals surface area contributed by atoms with E-state index >= 15 is 0 Å². The predicted octanol–water partition coefficient (Wildman–Crippen LogP) is 3.87. The second kappa shape index (κ2) is 7.55. The molecule has 1 aliphatic rings. The minimum atomic E-state index is -0.468. The fourth-order valence-electron chi connectivity index (χ4n) is 3.46. The maximum atomic E-state index is 12.7. The summed E-state index contributed by atoms with van der Waals surface area (Å²) in [5.41, 5.74) is 2.48. The van der Waals surface area contributed by atoms with Crippen LogP contribution in [0, 0.1) is 10.1 Å². The quantitative estimate of drug-likeness (QED) is 0.456. The van der Waals surface area contributed by atoms with Crippen molar-refractivity contribution in [2.24, 2.45) is 0 Å². The largest absolute Gasteiger partial charge is 0.367 e. The molecule has 7 nitrogen and oxygen atoms in total. The second-order valence-corrected chi connectivity index (χ2v) is 7.40. The van der Waals surface area contributed by atoms with Gasteiger partial charge < -0.3 is 9.80 Å². The van der Waals surface area contributed by atoms with Gasteiger partial charge in [-0.15, -0.1) is 0 Å². The SMILES string of the molecule is O=C(c1ccc([N+](=O)[O-])cc1)N1CCN(c2ccnc3c(Br)cccc23)CC1. The summed E-state index contributed by atoms with van der Waals surface area (Å²) in [5, 5.41) is 11.8. The number of aromatic nitrogens is 1. The number of fused-ring (bicyclic) bond motifs is 1. The molecular formula is C20H17BrN4O3. The molecule has 3 aromatic rings. The summed E-state index contributed by atoms with van der Waals surface area (Å²) >= 11 is 3.55. The summed E-state index contributed by atoms with van der Waals surface area (Å²) in [6.45, 7) is 2.61. The van der Waals surface area contributed by atoms with Crippen molar-refractivity contribution in [2.45, 2.75) is 0 Å². The molecule has 2 heterocycles. The number of hydrogen-bond donors (Lipinski definition) is 0. The molecule has 0 bridgehead atoms. The molecule has 8 heteroatoms. The van der Waals surface area contributed by atoms with Gasteiger partial charge in [-0.3, -0.25) is 19.9 Å². The summed E-state index contributed by atoms with van der Waals surface area (Å²) in [6, 6.07) is 13.8. The van der Waals surface area contributed by atoms with Crippen molar-refractivity contribution in [2.75, 3.05) is 31.1 Å². The number of nitro groups is 1. The number of piperazine rings is 1. The van der Waals surface area contributed by atoms with Crippen LogP contribution in [-0.4, -0.2) is 46.9 Å². The van der Waals surface area contributed by atoms with Crippen molar-refractivity contribution >= 4 is 44.1 Å². The maximum absolute atomic E-state index is 12.7. The van der Waals surface area contributed by atoms with E-state index in [9.17, 15) is 14.9 Å². The van der Waals surface area contributed by atoms with Gasteiger partial charge >= 0.3 is 0 Å². The monoisotopic (exact) mass is 440 g/mol. The Kier molecular flexibility index (Phi) is 4.95.